The van der Waals surface area contributed by atoms with Crippen molar-refractivity contribution in [2.45, 2.75) is 0 Å². The number of nitrogens with one attached hydrogen (secondary N) is 2. The Morgan fingerprint density at radius 2 is 1.94 bits per heavy atom. The number of hydrogen-bond acceptors (Lipinski definition) is 5. The quantitative estimate of drug-likeness (QED) is 0.455. The van der Waals surface area contributed by atoms with Gasteiger partial charge in [-0.2, -0.15) is 5.48 Å². The van der Waals surface area contributed by atoms with Crippen LogP contribution >= 0.6 is 0 Å². The molecule has 0 aromatic heterocycles. The van der Waals surface area contributed by atoms with E-state index < -0.39 is 5.91 Å². The van der Waals surface area contributed by atoms with Crippen molar-refractivity contribution in [3.63, 3.8) is 0 Å². The van der Waals surface area contributed by atoms with Crippen molar-refractivity contribution in [2.75, 3.05) is 25.6 Å². The molecule has 0 aliphatic heterocycles. The molecule has 0 bridgehead atoms. The minimum Gasteiger partial charge on any atom is -0.497 e. The van der Waals surface area contributed by atoms with E-state index in [4.69, 9.17) is 10.5 Å². The third kappa shape index (κ3) is 5.28. The number of benzene rings is 1. The first-order valence-corrected chi connectivity index (χ1v) is 5.18. The molecule has 1 aromatic rings. The van der Waals surface area contributed by atoms with Crippen LogP contribution in [0.4, 0.5) is 5.69 Å². The van der Waals surface area contributed by atoms with E-state index in [9.17, 15) is 9.59 Å². The van der Waals surface area contributed by atoms with Gasteiger partial charge >= 0.3 is 0 Å². The maximum absolute atomic E-state index is 11.4. The summed E-state index contributed by atoms with van der Waals surface area (Å²) in [5.74, 6) is -0.210. The highest BCUT2D eigenvalue weighted by Gasteiger charge is 2.02. The standard InChI is InChI=1S/C11H15N3O4/c1-17-9-4-2-8(3-5-9)14-11(16)6-13-18-7-10(12)15/h2-5,13H,6-7H2,1H3,(H2,12,15)(H,14,16). The molecule has 4 N–H and O–H groups in total. The summed E-state index contributed by atoms with van der Waals surface area (Å²) >= 11 is 0. The number of carbonyl (C=O) groups is 2. The molecule has 7 heteroatoms. The Bertz CT molecular complexity index is 405. The van der Waals surface area contributed by atoms with Crippen LogP contribution in [-0.4, -0.2) is 32.1 Å². The lowest BCUT2D eigenvalue weighted by atomic mass is 10.3. The van der Waals surface area contributed by atoms with Gasteiger partial charge in [0, 0.05) is 5.69 Å². The third-order valence-corrected chi connectivity index (χ3v) is 1.92. The molecule has 0 fully saturated rings. The van der Waals surface area contributed by atoms with E-state index in [1.165, 1.54) is 0 Å². The molecule has 0 atom stereocenters. The van der Waals surface area contributed by atoms with Crippen molar-refractivity contribution in [2.24, 2.45) is 5.73 Å². The van der Waals surface area contributed by atoms with Crippen molar-refractivity contribution < 1.29 is 19.2 Å². The highest BCUT2D eigenvalue weighted by Crippen LogP contribution is 2.14. The van der Waals surface area contributed by atoms with Crippen molar-refractivity contribution in [1.29, 1.82) is 0 Å². The lowest BCUT2D eigenvalue weighted by Gasteiger charge is -2.07. The molecule has 7 nitrogen and oxygen atoms in total. The molecule has 98 valence electrons. The zero-order valence-electron chi connectivity index (χ0n) is 9.93. The summed E-state index contributed by atoms with van der Waals surface area (Å²) in [4.78, 5) is 26.4. The van der Waals surface area contributed by atoms with Gasteiger partial charge in [-0.15, -0.1) is 0 Å². The van der Waals surface area contributed by atoms with Gasteiger partial charge in [-0.1, -0.05) is 0 Å². The third-order valence-electron chi connectivity index (χ3n) is 1.92. The van der Waals surface area contributed by atoms with E-state index >= 15 is 0 Å². The van der Waals surface area contributed by atoms with E-state index in [2.05, 4.69) is 15.6 Å². The van der Waals surface area contributed by atoms with E-state index in [0.29, 0.717) is 11.4 Å². The molecule has 2 amide bonds. The molecule has 0 aliphatic carbocycles. The van der Waals surface area contributed by atoms with Crippen LogP contribution in [0.15, 0.2) is 24.3 Å². The summed E-state index contributed by atoms with van der Waals surface area (Å²) in [5.41, 5.74) is 7.80. The topological polar surface area (TPSA) is 103 Å². The fourth-order valence-corrected chi connectivity index (χ4v) is 1.12. The van der Waals surface area contributed by atoms with Crippen LogP contribution in [0.1, 0.15) is 0 Å². The molecule has 0 radical (unpaired) electrons. The van der Waals surface area contributed by atoms with Crippen LogP contribution in [0.3, 0.4) is 0 Å². The van der Waals surface area contributed by atoms with E-state index in [-0.39, 0.29) is 19.1 Å². The molecule has 18 heavy (non-hydrogen) atoms. The zero-order valence-corrected chi connectivity index (χ0v) is 9.93. The van der Waals surface area contributed by atoms with Gasteiger partial charge in [0.2, 0.25) is 11.8 Å². The molecule has 0 saturated carbocycles. The first-order chi connectivity index (χ1) is 8.61. The monoisotopic (exact) mass is 253 g/mol. The Balaban J connectivity index is 2.28. The first kappa shape index (κ1) is 13.9. The number of hydroxylamine groups is 1. The Morgan fingerprint density at radius 3 is 2.50 bits per heavy atom. The SMILES string of the molecule is COc1ccc(NC(=O)CNOCC(N)=O)cc1. The van der Waals surface area contributed by atoms with E-state index in [1.54, 1.807) is 31.4 Å². The zero-order chi connectivity index (χ0) is 13.4. The molecular formula is C11H15N3O4. The first-order valence-electron chi connectivity index (χ1n) is 5.18. The van der Waals surface area contributed by atoms with Gasteiger partial charge in [0.1, 0.15) is 18.9 Å². The smallest absolute Gasteiger partial charge is 0.245 e. The number of primary amides is 1. The molecule has 0 heterocycles. The summed E-state index contributed by atoms with van der Waals surface area (Å²) in [6, 6.07) is 6.88. The van der Waals surface area contributed by atoms with E-state index in [0.717, 1.165) is 0 Å². The number of nitrogens with two attached hydrogens (primary N) is 1. The number of hydrogen-bond donors (Lipinski definition) is 3. The minimum atomic E-state index is -0.613. The minimum absolute atomic E-state index is 0.0840. The predicted octanol–water partition coefficient (Wildman–Crippen LogP) is -0.360. The second-order valence-corrected chi connectivity index (χ2v) is 3.35. The molecule has 0 saturated heterocycles. The van der Waals surface area contributed by atoms with Gasteiger partial charge in [-0.25, -0.2) is 0 Å². The summed E-state index contributed by atoms with van der Waals surface area (Å²) in [6.07, 6.45) is 0. The molecule has 0 spiro atoms. The molecule has 1 rings (SSSR count). The number of methoxy groups -OCH3 is 1. The average molecular weight is 253 g/mol. The van der Waals surface area contributed by atoms with Gasteiger partial charge in [-0.3, -0.25) is 14.4 Å². The number of carbonyl (C=O) groups excluding carboxylic acids is 2. The van der Waals surface area contributed by atoms with Crippen molar-refractivity contribution in [3.8, 4) is 5.75 Å². The van der Waals surface area contributed by atoms with Crippen molar-refractivity contribution >= 4 is 17.5 Å². The van der Waals surface area contributed by atoms with Gasteiger partial charge in [0.25, 0.3) is 0 Å². The molecule has 0 unspecified atom stereocenters. The fraction of sp³-hybridized carbons (Fsp3) is 0.273. The van der Waals surface area contributed by atoms with Crippen LogP contribution in [-0.2, 0) is 14.4 Å². The normalized spacial score (nSPS) is 9.83. The maximum Gasteiger partial charge on any atom is 0.245 e. The number of amides is 2. The van der Waals surface area contributed by atoms with Crippen LogP contribution in [0.2, 0.25) is 0 Å². The van der Waals surface area contributed by atoms with Crippen molar-refractivity contribution in [1.82, 2.24) is 5.48 Å². The Kier molecular flexibility index (Phi) is 5.62. The molecule has 1 aromatic carbocycles. The van der Waals surface area contributed by atoms with E-state index in [1.807, 2.05) is 0 Å². The number of rotatable bonds is 7. The average Bonchev–Trinajstić information content (AvgIpc) is 2.35. The highest BCUT2D eigenvalue weighted by molar-refractivity contribution is 5.92. The second-order valence-electron chi connectivity index (χ2n) is 3.35. The summed E-state index contributed by atoms with van der Waals surface area (Å²) in [6.45, 7) is -0.366. The second kappa shape index (κ2) is 7.25. The molecule has 0 aliphatic rings. The lowest BCUT2D eigenvalue weighted by molar-refractivity contribution is -0.127. The predicted molar refractivity (Wildman–Crippen MR) is 64.8 cm³/mol. The van der Waals surface area contributed by atoms with Gasteiger partial charge in [-0.05, 0) is 24.3 Å². The van der Waals surface area contributed by atoms with Crippen LogP contribution in [0.25, 0.3) is 0 Å². The largest absolute Gasteiger partial charge is 0.497 e. The summed E-state index contributed by atoms with van der Waals surface area (Å²) in [7, 11) is 1.56. The fourth-order valence-electron chi connectivity index (χ4n) is 1.12. The van der Waals surface area contributed by atoms with Gasteiger partial charge in [0.15, 0.2) is 0 Å². The van der Waals surface area contributed by atoms with Gasteiger partial charge < -0.3 is 15.8 Å². The maximum atomic E-state index is 11.4. The highest BCUT2D eigenvalue weighted by atomic mass is 16.6. The molecular weight excluding hydrogens is 238 g/mol. The van der Waals surface area contributed by atoms with Crippen LogP contribution in [0.5, 0.6) is 5.75 Å². The summed E-state index contributed by atoms with van der Waals surface area (Å²) < 4.78 is 4.99. The lowest BCUT2D eigenvalue weighted by Crippen LogP contribution is -2.31. The number of anilines is 1. The number of ether oxygens (including phenoxy) is 1. The Labute approximate surface area is 104 Å². The van der Waals surface area contributed by atoms with Crippen LogP contribution < -0.4 is 21.3 Å². The van der Waals surface area contributed by atoms with Crippen molar-refractivity contribution in [3.05, 3.63) is 24.3 Å². The Hall–Kier alpha value is -2.12. The Morgan fingerprint density at radius 1 is 1.28 bits per heavy atom. The summed E-state index contributed by atoms with van der Waals surface area (Å²) in [5, 5.41) is 2.63. The van der Waals surface area contributed by atoms with Crippen LogP contribution in [0, 0.1) is 0 Å². The van der Waals surface area contributed by atoms with Gasteiger partial charge in [0.05, 0.1) is 7.11 Å².